The first-order valence-corrected chi connectivity index (χ1v) is 3.44. The SMILES string of the molecule is [CH2]Cc1ccc(CN)cc1. The van der Waals surface area contributed by atoms with Crippen LogP contribution in [0.3, 0.4) is 0 Å². The summed E-state index contributed by atoms with van der Waals surface area (Å²) in [5.41, 5.74) is 7.86. The molecule has 10 heavy (non-hydrogen) atoms. The Hall–Kier alpha value is -0.820. The molecule has 0 aliphatic heterocycles. The summed E-state index contributed by atoms with van der Waals surface area (Å²) in [5.74, 6) is 0. The van der Waals surface area contributed by atoms with Gasteiger partial charge in [0.15, 0.2) is 0 Å². The monoisotopic (exact) mass is 134 g/mol. The molecule has 1 aromatic carbocycles. The normalized spacial score (nSPS) is 9.80. The molecule has 0 aliphatic carbocycles. The van der Waals surface area contributed by atoms with Crippen molar-refractivity contribution in [3.63, 3.8) is 0 Å². The first-order chi connectivity index (χ1) is 4.86. The summed E-state index contributed by atoms with van der Waals surface area (Å²) >= 11 is 0. The van der Waals surface area contributed by atoms with Gasteiger partial charge in [-0.05, 0) is 24.5 Å². The third kappa shape index (κ3) is 1.58. The Labute approximate surface area is 61.9 Å². The van der Waals surface area contributed by atoms with Gasteiger partial charge in [-0.25, -0.2) is 0 Å². The van der Waals surface area contributed by atoms with Crippen LogP contribution in [0.1, 0.15) is 11.1 Å². The Morgan fingerprint density at radius 2 is 1.60 bits per heavy atom. The number of rotatable bonds is 2. The van der Waals surface area contributed by atoms with Gasteiger partial charge in [0, 0.05) is 6.54 Å². The highest BCUT2D eigenvalue weighted by atomic mass is 14.5. The molecule has 0 heterocycles. The van der Waals surface area contributed by atoms with Crippen molar-refractivity contribution in [1.29, 1.82) is 0 Å². The van der Waals surface area contributed by atoms with Crippen LogP contribution in [-0.4, -0.2) is 0 Å². The van der Waals surface area contributed by atoms with E-state index < -0.39 is 0 Å². The van der Waals surface area contributed by atoms with Crippen molar-refractivity contribution in [2.75, 3.05) is 0 Å². The van der Waals surface area contributed by atoms with E-state index in [-0.39, 0.29) is 0 Å². The van der Waals surface area contributed by atoms with E-state index in [4.69, 9.17) is 5.73 Å². The molecule has 0 saturated heterocycles. The van der Waals surface area contributed by atoms with Crippen LogP contribution in [0.2, 0.25) is 0 Å². The smallest absolute Gasteiger partial charge is 0.0178 e. The topological polar surface area (TPSA) is 26.0 Å². The summed E-state index contributed by atoms with van der Waals surface area (Å²) in [5, 5.41) is 0. The second-order valence-corrected chi connectivity index (χ2v) is 2.27. The molecule has 1 heteroatoms. The molecule has 0 bridgehead atoms. The van der Waals surface area contributed by atoms with E-state index in [2.05, 4.69) is 19.1 Å². The zero-order valence-electron chi connectivity index (χ0n) is 6.01. The van der Waals surface area contributed by atoms with Crippen molar-refractivity contribution < 1.29 is 0 Å². The molecule has 0 spiro atoms. The third-order valence-electron chi connectivity index (χ3n) is 1.55. The largest absolute Gasteiger partial charge is 0.326 e. The lowest BCUT2D eigenvalue weighted by Gasteiger charge is -1.97. The van der Waals surface area contributed by atoms with E-state index in [1.54, 1.807) is 0 Å². The van der Waals surface area contributed by atoms with Gasteiger partial charge in [-0.15, -0.1) is 0 Å². The lowest BCUT2D eigenvalue weighted by atomic mass is 10.1. The summed E-state index contributed by atoms with van der Waals surface area (Å²) in [6.45, 7) is 4.40. The van der Waals surface area contributed by atoms with E-state index in [0.29, 0.717) is 6.54 Å². The maximum atomic E-state index is 5.43. The van der Waals surface area contributed by atoms with E-state index in [1.165, 1.54) is 11.1 Å². The molecular weight excluding hydrogens is 122 g/mol. The molecule has 1 aromatic rings. The maximum absolute atomic E-state index is 5.43. The van der Waals surface area contributed by atoms with Crippen LogP contribution in [0.5, 0.6) is 0 Å². The molecule has 53 valence electrons. The van der Waals surface area contributed by atoms with Crippen LogP contribution in [0.4, 0.5) is 0 Å². The highest BCUT2D eigenvalue weighted by Crippen LogP contribution is 2.03. The number of hydrogen-bond donors (Lipinski definition) is 1. The van der Waals surface area contributed by atoms with Crippen molar-refractivity contribution in [2.24, 2.45) is 5.73 Å². The molecule has 0 unspecified atom stereocenters. The molecule has 0 atom stereocenters. The van der Waals surface area contributed by atoms with Gasteiger partial charge in [0.05, 0.1) is 0 Å². The molecule has 1 rings (SSSR count). The zero-order chi connectivity index (χ0) is 7.40. The van der Waals surface area contributed by atoms with Crippen LogP contribution >= 0.6 is 0 Å². The first-order valence-electron chi connectivity index (χ1n) is 3.44. The highest BCUT2D eigenvalue weighted by molar-refractivity contribution is 5.22. The van der Waals surface area contributed by atoms with Gasteiger partial charge in [0.2, 0.25) is 0 Å². The Morgan fingerprint density at radius 3 is 2.00 bits per heavy atom. The fourth-order valence-electron chi connectivity index (χ4n) is 0.842. The maximum Gasteiger partial charge on any atom is 0.0178 e. The molecule has 0 amide bonds. The van der Waals surface area contributed by atoms with Crippen molar-refractivity contribution in [1.82, 2.24) is 0 Å². The molecule has 0 fully saturated rings. The predicted molar refractivity (Wildman–Crippen MR) is 43.4 cm³/mol. The minimum atomic E-state index is 0.622. The molecule has 1 nitrogen and oxygen atoms in total. The lowest BCUT2D eigenvalue weighted by molar-refractivity contribution is 1.07. The van der Waals surface area contributed by atoms with E-state index in [1.807, 2.05) is 12.1 Å². The second kappa shape index (κ2) is 3.37. The Bertz CT molecular complexity index is 165. The minimum Gasteiger partial charge on any atom is -0.326 e. The van der Waals surface area contributed by atoms with Crippen molar-refractivity contribution in [3.05, 3.63) is 42.3 Å². The molecular formula is C9H12N. The summed E-state index contributed by atoms with van der Waals surface area (Å²) in [6.07, 6.45) is 0.852. The Kier molecular flexibility index (Phi) is 2.46. The lowest BCUT2D eigenvalue weighted by Crippen LogP contribution is -1.95. The van der Waals surface area contributed by atoms with E-state index in [0.717, 1.165) is 6.42 Å². The van der Waals surface area contributed by atoms with Crippen LogP contribution < -0.4 is 5.73 Å². The van der Waals surface area contributed by atoms with E-state index >= 15 is 0 Å². The summed E-state index contributed by atoms with van der Waals surface area (Å²) in [6, 6.07) is 8.21. The van der Waals surface area contributed by atoms with Crippen molar-refractivity contribution in [3.8, 4) is 0 Å². The van der Waals surface area contributed by atoms with Crippen molar-refractivity contribution in [2.45, 2.75) is 13.0 Å². The number of benzene rings is 1. The average Bonchev–Trinajstić information content (AvgIpc) is 2.05. The standard InChI is InChI=1S/C9H12N/c1-2-8-3-5-9(7-10)6-4-8/h3-6H,1-2,7,10H2. The number of hydrogen-bond acceptors (Lipinski definition) is 1. The van der Waals surface area contributed by atoms with Crippen LogP contribution in [0, 0.1) is 6.92 Å². The number of nitrogens with two attached hydrogens (primary N) is 1. The fraction of sp³-hybridized carbons (Fsp3) is 0.222. The van der Waals surface area contributed by atoms with Gasteiger partial charge in [0.25, 0.3) is 0 Å². The Balaban J connectivity index is 2.80. The van der Waals surface area contributed by atoms with Gasteiger partial charge in [-0.2, -0.15) is 0 Å². The Morgan fingerprint density at radius 1 is 1.10 bits per heavy atom. The summed E-state index contributed by atoms with van der Waals surface area (Å²) < 4.78 is 0. The van der Waals surface area contributed by atoms with Gasteiger partial charge >= 0.3 is 0 Å². The predicted octanol–water partition coefficient (Wildman–Crippen LogP) is 1.52. The third-order valence-corrected chi connectivity index (χ3v) is 1.55. The van der Waals surface area contributed by atoms with Crippen LogP contribution in [-0.2, 0) is 13.0 Å². The molecule has 0 saturated carbocycles. The quantitative estimate of drug-likeness (QED) is 0.652. The molecule has 2 N–H and O–H groups in total. The van der Waals surface area contributed by atoms with Crippen LogP contribution in [0.25, 0.3) is 0 Å². The first kappa shape index (κ1) is 7.29. The van der Waals surface area contributed by atoms with Crippen LogP contribution in [0.15, 0.2) is 24.3 Å². The summed E-state index contributed by atoms with van der Waals surface area (Å²) in [7, 11) is 0. The molecule has 0 aliphatic rings. The zero-order valence-corrected chi connectivity index (χ0v) is 6.01. The minimum absolute atomic E-state index is 0.622. The summed E-state index contributed by atoms with van der Waals surface area (Å²) in [4.78, 5) is 0. The van der Waals surface area contributed by atoms with Gasteiger partial charge in [-0.1, -0.05) is 24.3 Å². The second-order valence-electron chi connectivity index (χ2n) is 2.27. The van der Waals surface area contributed by atoms with Gasteiger partial charge in [-0.3, -0.25) is 0 Å². The van der Waals surface area contributed by atoms with Crippen molar-refractivity contribution >= 4 is 0 Å². The molecule has 1 radical (unpaired) electrons. The molecule has 0 aromatic heterocycles. The van der Waals surface area contributed by atoms with Gasteiger partial charge in [0.1, 0.15) is 0 Å². The van der Waals surface area contributed by atoms with E-state index in [9.17, 15) is 0 Å². The average molecular weight is 134 g/mol. The highest BCUT2D eigenvalue weighted by Gasteiger charge is 1.88. The fourth-order valence-corrected chi connectivity index (χ4v) is 0.842. The van der Waals surface area contributed by atoms with Gasteiger partial charge < -0.3 is 5.73 Å².